The van der Waals surface area contributed by atoms with Crippen molar-refractivity contribution in [1.82, 2.24) is 5.32 Å². The quantitative estimate of drug-likeness (QED) is 0.464. The molecule has 0 aliphatic carbocycles. The molecule has 6 N–H and O–H groups in total. The first-order valence-electron chi connectivity index (χ1n) is 5.28. The average molecular weight is 303 g/mol. The highest BCUT2D eigenvalue weighted by Crippen LogP contribution is 2.12. The van der Waals surface area contributed by atoms with Gasteiger partial charge in [-0.1, -0.05) is 0 Å². The van der Waals surface area contributed by atoms with Gasteiger partial charge in [0.15, 0.2) is 6.04 Å². The number of anilines is 1. The lowest BCUT2D eigenvalue weighted by atomic mass is 10.3. The van der Waals surface area contributed by atoms with E-state index in [4.69, 9.17) is 15.4 Å². The predicted molar refractivity (Wildman–Crippen MR) is 68.5 cm³/mol. The van der Waals surface area contributed by atoms with Crippen LogP contribution < -0.4 is 15.8 Å². The minimum Gasteiger partial charge on any atom is -0.480 e. The zero-order valence-corrected chi connectivity index (χ0v) is 10.9. The number of amides is 2. The lowest BCUT2D eigenvalue weighted by Gasteiger charge is -2.12. The maximum Gasteiger partial charge on any atom is 0.328 e. The third-order valence-corrected chi connectivity index (χ3v) is 3.16. The van der Waals surface area contributed by atoms with E-state index >= 15 is 0 Å². The molecule has 0 heterocycles. The summed E-state index contributed by atoms with van der Waals surface area (Å²) < 4.78 is 22.0. The largest absolute Gasteiger partial charge is 0.480 e. The molecule has 0 aromatic heterocycles. The molecule has 20 heavy (non-hydrogen) atoms. The molecule has 1 atom stereocenters. The highest BCUT2D eigenvalue weighted by molar-refractivity contribution is 7.89. The van der Waals surface area contributed by atoms with E-state index in [2.05, 4.69) is 5.32 Å². The standard InChI is InChI=1S/C10H13N3O6S/c11-20(18,19)7-3-1-6(2-4-7)12-10(17)13-8(5-14)9(15)16/h1-4,8,14H,5H2,(H,15,16)(H2,11,18,19)(H2,12,13,17)/t8-/m0/s1. The molecule has 1 rings (SSSR count). The van der Waals surface area contributed by atoms with Gasteiger partial charge >= 0.3 is 12.0 Å². The van der Waals surface area contributed by atoms with E-state index in [0.717, 1.165) is 0 Å². The monoisotopic (exact) mass is 303 g/mol. The molecule has 0 spiro atoms. The summed E-state index contributed by atoms with van der Waals surface area (Å²) in [4.78, 5) is 21.9. The summed E-state index contributed by atoms with van der Waals surface area (Å²) in [6, 6.07) is 2.66. The van der Waals surface area contributed by atoms with Crippen molar-refractivity contribution in [2.75, 3.05) is 11.9 Å². The number of sulfonamides is 1. The molecular formula is C10H13N3O6S. The number of nitrogens with one attached hydrogen (secondary N) is 2. The fraction of sp³-hybridized carbons (Fsp3) is 0.200. The van der Waals surface area contributed by atoms with Gasteiger partial charge in [-0.15, -0.1) is 0 Å². The third kappa shape index (κ3) is 4.50. The molecule has 0 saturated heterocycles. The average Bonchev–Trinajstić information content (AvgIpc) is 2.35. The molecule has 0 unspecified atom stereocenters. The van der Waals surface area contributed by atoms with Crippen molar-refractivity contribution in [2.45, 2.75) is 10.9 Å². The van der Waals surface area contributed by atoms with E-state index in [1.807, 2.05) is 5.32 Å². The molecule has 2 amide bonds. The van der Waals surface area contributed by atoms with Crippen LogP contribution >= 0.6 is 0 Å². The maximum atomic E-state index is 11.4. The van der Waals surface area contributed by atoms with E-state index in [-0.39, 0.29) is 10.6 Å². The molecule has 0 aliphatic heterocycles. The summed E-state index contributed by atoms with van der Waals surface area (Å²) in [5, 5.41) is 26.6. The number of urea groups is 1. The third-order valence-electron chi connectivity index (χ3n) is 2.23. The van der Waals surface area contributed by atoms with Crippen LogP contribution in [0.4, 0.5) is 10.5 Å². The van der Waals surface area contributed by atoms with Crippen LogP contribution in [0.3, 0.4) is 0 Å². The molecule has 1 aromatic carbocycles. The van der Waals surface area contributed by atoms with Gasteiger partial charge in [-0.25, -0.2) is 23.1 Å². The molecular weight excluding hydrogens is 290 g/mol. The molecule has 1 aromatic rings. The van der Waals surface area contributed by atoms with Gasteiger partial charge in [0.25, 0.3) is 0 Å². The van der Waals surface area contributed by atoms with Gasteiger partial charge in [-0.3, -0.25) is 0 Å². The molecule has 110 valence electrons. The zero-order chi connectivity index (χ0) is 15.3. The molecule has 9 nitrogen and oxygen atoms in total. The normalized spacial score (nSPS) is 12.5. The minimum atomic E-state index is -3.82. The van der Waals surface area contributed by atoms with Crippen molar-refractivity contribution in [2.24, 2.45) is 5.14 Å². The number of aliphatic carboxylic acids is 1. The van der Waals surface area contributed by atoms with Crippen LogP contribution in [0.5, 0.6) is 0 Å². The Hall–Kier alpha value is -2.17. The van der Waals surface area contributed by atoms with Gasteiger partial charge in [-0.2, -0.15) is 0 Å². The minimum absolute atomic E-state index is 0.123. The number of carboxylic acids is 1. The van der Waals surface area contributed by atoms with Crippen molar-refractivity contribution >= 4 is 27.7 Å². The number of primary sulfonamides is 1. The first-order chi connectivity index (χ1) is 9.24. The van der Waals surface area contributed by atoms with Crippen molar-refractivity contribution in [3.8, 4) is 0 Å². The number of carboxylic acid groups (broad SMARTS) is 1. The highest BCUT2D eigenvalue weighted by Gasteiger charge is 2.18. The van der Waals surface area contributed by atoms with Gasteiger partial charge in [-0.05, 0) is 24.3 Å². The second-order valence-corrected chi connectivity index (χ2v) is 5.30. The van der Waals surface area contributed by atoms with Crippen molar-refractivity contribution in [1.29, 1.82) is 0 Å². The molecule has 0 fully saturated rings. The van der Waals surface area contributed by atoms with Crippen LogP contribution in [0, 0.1) is 0 Å². The van der Waals surface area contributed by atoms with E-state index in [1.165, 1.54) is 24.3 Å². The Balaban J connectivity index is 2.70. The van der Waals surface area contributed by atoms with E-state index in [0.29, 0.717) is 0 Å². The maximum absolute atomic E-state index is 11.4. The number of benzene rings is 1. The number of nitrogens with two attached hydrogens (primary N) is 1. The van der Waals surface area contributed by atoms with Crippen LogP contribution in [0.25, 0.3) is 0 Å². The van der Waals surface area contributed by atoms with Crippen LogP contribution in [-0.2, 0) is 14.8 Å². The van der Waals surface area contributed by atoms with Crippen LogP contribution in [0.15, 0.2) is 29.2 Å². The number of rotatable bonds is 5. The number of carbonyl (C=O) groups excluding carboxylic acids is 1. The topological polar surface area (TPSA) is 159 Å². The van der Waals surface area contributed by atoms with Crippen molar-refractivity contribution < 1.29 is 28.2 Å². The summed E-state index contributed by atoms with van der Waals surface area (Å²) in [5.74, 6) is -1.38. The molecule has 0 saturated carbocycles. The van der Waals surface area contributed by atoms with Gasteiger partial charge < -0.3 is 20.8 Å². The number of aliphatic hydroxyl groups excluding tert-OH is 1. The number of aliphatic hydroxyl groups is 1. The Labute approximate surface area is 114 Å². The first-order valence-corrected chi connectivity index (χ1v) is 6.82. The molecule has 0 radical (unpaired) electrons. The lowest BCUT2D eigenvalue weighted by Crippen LogP contribution is -2.45. The van der Waals surface area contributed by atoms with Crippen LogP contribution in [-0.4, -0.2) is 43.3 Å². The number of hydrogen-bond donors (Lipinski definition) is 5. The molecule has 0 aliphatic rings. The summed E-state index contributed by atoms with van der Waals surface area (Å²) in [7, 11) is -3.82. The lowest BCUT2D eigenvalue weighted by molar-refractivity contribution is -0.140. The van der Waals surface area contributed by atoms with Gasteiger partial charge in [0.05, 0.1) is 11.5 Å². The Morgan fingerprint density at radius 1 is 1.25 bits per heavy atom. The smallest absolute Gasteiger partial charge is 0.328 e. The Morgan fingerprint density at radius 2 is 1.80 bits per heavy atom. The first kappa shape index (κ1) is 15.9. The summed E-state index contributed by atoms with van der Waals surface area (Å²) in [5.41, 5.74) is 0.233. The van der Waals surface area contributed by atoms with E-state index in [1.54, 1.807) is 0 Å². The predicted octanol–water partition coefficient (Wildman–Crippen LogP) is -1.10. The Morgan fingerprint density at radius 3 is 2.20 bits per heavy atom. The zero-order valence-electron chi connectivity index (χ0n) is 10.1. The van der Waals surface area contributed by atoms with E-state index < -0.39 is 34.7 Å². The van der Waals surface area contributed by atoms with Crippen LogP contribution in [0.1, 0.15) is 0 Å². The van der Waals surface area contributed by atoms with Crippen molar-refractivity contribution in [3.63, 3.8) is 0 Å². The van der Waals surface area contributed by atoms with Gasteiger partial charge in [0.2, 0.25) is 10.0 Å². The van der Waals surface area contributed by atoms with Gasteiger partial charge in [0.1, 0.15) is 0 Å². The highest BCUT2D eigenvalue weighted by atomic mass is 32.2. The van der Waals surface area contributed by atoms with Crippen LogP contribution in [0.2, 0.25) is 0 Å². The fourth-order valence-corrected chi connectivity index (χ4v) is 1.75. The second-order valence-electron chi connectivity index (χ2n) is 3.74. The summed E-state index contributed by atoms with van der Waals surface area (Å²) in [6.45, 7) is -0.757. The summed E-state index contributed by atoms with van der Waals surface area (Å²) >= 11 is 0. The Kier molecular flexibility index (Phi) is 5.02. The number of carbonyl (C=O) groups is 2. The molecule has 10 heteroatoms. The Bertz CT molecular complexity index is 598. The summed E-state index contributed by atoms with van der Waals surface area (Å²) in [6.07, 6.45) is 0. The SMILES string of the molecule is NS(=O)(=O)c1ccc(NC(=O)N[C@@H](CO)C(=O)O)cc1. The second kappa shape index (κ2) is 6.32. The van der Waals surface area contributed by atoms with E-state index in [9.17, 15) is 18.0 Å². The fourth-order valence-electron chi connectivity index (χ4n) is 1.24. The van der Waals surface area contributed by atoms with Crippen molar-refractivity contribution in [3.05, 3.63) is 24.3 Å². The van der Waals surface area contributed by atoms with Gasteiger partial charge in [0, 0.05) is 5.69 Å². The molecule has 0 bridgehead atoms. The number of hydrogen-bond acceptors (Lipinski definition) is 5.